The molecule has 2 N–H and O–H groups in total. The molecule has 2 amide bonds. The Labute approximate surface area is 273 Å². The number of carbonyl (C=O) groups is 2. The third-order valence-electron chi connectivity index (χ3n) is 7.29. The zero-order valence-corrected chi connectivity index (χ0v) is 27.8. The van der Waals surface area contributed by atoms with Gasteiger partial charge in [-0.3, -0.25) is 13.9 Å². The molecule has 9 nitrogen and oxygen atoms in total. The number of sulfonamides is 1. The minimum atomic E-state index is -3.73. The summed E-state index contributed by atoms with van der Waals surface area (Å²) in [6.45, 7) is 7.50. The van der Waals surface area contributed by atoms with Crippen LogP contribution in [0.4, 0.5) is 10.1 Å². The smallest absolute Gasteiger partial charge is 0.255 e. The van der Waals surface area contributed by atoms with Crippen molar-refractivity contribution in [3.8, 4) is 33.9 Å². The van der Waals surface area contributed by atoms with Gasteiger partial charge >= 0.3 is 0 Å². The second-order valence-corrected chi connectivity index (χ2v) is 14.0. The fourth-order valence-electron chi connectivity index (χ4n) is 5.29. The predicted octanol–water partition coefficient (Wildman–Crippen LogP) is 7.37. The van der Waals surface area contributed by atoms with Crippen LogP contribution in [0.5, 0.6) is 11.5 Å². The Kier molecular flexibility index (Phi) is 9.13. The number of halogens is 1. The molecule has 47 heavy (non-hydrogen) atoms. The van der Waals surface area contributed by atoms with Crippen molar-refractivity contribution in [3.63, 3.8) is 0 Å². The Morgan fingerprint density at radius 1 is 0.894 bits per heavy atom. The number of benzene rings is 4. The first-order valence-electron chi connectivity index (χ1n) is 15.0. The number of fused-ring (bicyclic) bond motifs is 1. The van der Waals surface area contributed by atoms with Crippen LogP contribution in [0, 0.1) is 5.82 Å². The van der Waals surface area contributed by atoms with E-state index in [1.54, 1.807) is 79.7 Å². The van der Waals surface area contributed by atoms with Crippen molar-refractivity contribution in [3.05, 3.63) is 102 Å². The molecule has 0 aliphatic rings. The predicted molar refractivity (Wildman–Crippen MR) is 182 cm³/mol. The van der Waals surface area contributed by atoms with Gasteiger partial charge in [-0.1, -0.05) is 18.2 Å². The van der Waals surface area contributed by atoms with Gasteiger partial charge in [-0.2, -0.15) is 0 Å². The van der Waals surface area contributed by atoms with Crippen molar-refractivity contribution in [1.29, 1.82) is 0 Å². The van der Waals surface area contributed by atoms with Gasteiger partial charge in [0.1, 0.15) is 28.7 Å². The summed E-state index contributed by atoms with van der Waals surface area (Å²) in [5, 5.41) is 6.08. The zero-order chi connectivity index (χ0) is 34.1. The van der Waals surface area contributed by atoms with E-state index in [1.165, 1.54) is 23.5 Å². The van der Waals surface area contributed by atoms with Crippen LogP contribution < -0.4 is 19.7 Å². The standard InChI is InChI=1S/C36H36FN3O6S/c1-7-40(47(6,43)44)30-21-31-29(20-28(30)23-10-8-11-24(18-23)34(41)39-36(2,3)4)32(35(42)38-5)33(46-31)22-14-16-26(17-15-22)45-27-13-9-12-25(37)19-27/h8-21H,7H2,1-6H3,(H,38,42)(H,39,41). The number of nitrogens with zero attached hydrogens (tertiary/aromatic N) is 1. The number of ether oxygens (including phenoxy) is 1. The van der Waals surface area contributed by atoms with Gasteiger partial charge in [0.25, 0.3) is 11.8 Å². The first-order valence-corrected chi connectivity index (χ1v) is 16.8. The first-order chi connectivity index (χ1) is 22.2. The number of hydrogen-bond donors (Lipinski definition) is 2. The van der Waals surface area contributed by atoms with Crippen molar-refractivity contribution in [1.82, 2.24) is 10.6 Å². The Balaban J connectivity index is 1.68. The van der Waals surface area contributed by atoms with E-state index in [-0.39, 0.29) is 23.8 Å². The second-order valence-electron chi connectivity index (χ2n) is 12.0. The molecule has 0 atom stereocenters. The number of furan rings is 1. The van der Waals surface area contributed by atoms with E-state index < -0.39 is 27.3 Å². The molecule has 0 radical (unpaired) electrons. The van der Waals surface area contributed by atoms with E-state index in [1.807, 2.05) is 20.8 Å². The van der Waals surface area contributed by atoms with E-state index in [4.69, 9.17) is 9.15 Å². The normalized spacial score (nSPS) is 11.7. The summed E-state index contributed by atoms with van der Waals surface area (Å²) in [7, 11) is -2.22. The van der Waals surface area contributed by atoms with Crippen LogP contribution in [0.3, 0.4) is 0 Å². The van der Waals surface area contributed by atoms with E-state index in [2.05, 4.69) is 10.6 Å². The number of nitrogens with one attached hydrogen (secondary N) is 2. The van der Waals surface area contributed by atoms with Gasteiger partial charge in [0.05, 0.1) is 17.5 Å². The number of carbonyl (C=O) groups excluding carboxylic acids is 2. The third-order valence-corrected chi connectivity index (χ3v) is 8.54. The van der Waals surface area contributed by atoms with Crippen LogP contribution in [-0.4, -0.2) is 45.6 Å². The van der Waals surface area contributed by atoms with Crippen LogP contribution in [0.1, 0.15) is 48.4 Å². The molecule has 0 aliphatic heterocycles. The summed E-state index contributed by atoms with van der Waals surface area (Å²) in [6, 6.07) is 22.8. The SMILES string of the molecule is CCN(c1cc2oc(-c3ccc(Oc4cccc(F)c4)cc3)c(C(=O)NC)c2cc1-c1cccc(C(=O)NC(C)(C)C)c1)S(C)(=O)=O. The van der Waals surface area contributed by atoms with Crippen molar-refractivity contribution >= 4 is 38.5 Å². The number of anilines is 1. The van der Waals surface area contributed by atoms with Crippen molar-refractivity contribution in [2.45, 2.75) is 33.2 Å². The maximum absolute atomic E-state index is 13.6. The molecule has 4 aromatic carbocycles. The summed E-state index contributed by atoms with van der Waals surface area (Å²) in [4.78, 5) is 26.5. The minimum absolute atomic E-state index is 0.129. The molecule has 244 valence electrons. The molecule has 5 aromatic rings. The monoisotopic (exact) mass is 657 g/mol. The highest BCUT2D eigenvalue weighted by Crippen LogP contribution is 2.42. The van der Waals surface area contributed by atoms with Gasteiger partial charge in [0.2, 0.25) is 10.0 Å². The van der Waals surface area contributed by atoms with Crippen LogP contribution in [0.2, 0.25) is 0 Å². The van der Waals surface area contributed by atoms with E-state index in [9.17, 15) is 22.4 Å². The summed E-state index contributed by atoms with van der Waals surface area (Å²) in [6.07, 6.45) is 1.12. The molecule has 0 bridgehead atoms. The van der Waals surface area contributed by atoms with Crippen LogP contribution in [0.25, 0.3) is 33.4 Å². The van der Waals surface area contributed by atoms with Crippen LogP contribution in [0.15, 0.2) is 89.3 Å². The molecule has 0 fully saturated rings. The van der Waals surface area contributed by atoms with Gasteiger partial charge in [0, 0.05) is 53.3 Å². The average molecular weight is 658 g/mol. The maximum Gasteiger partial charge on any atom is 0.255 e. The summed E-state index contributed by atoms with van der Waals surface area (Å²) < 4.78 is 52.9. The Hall–Kier alpha value is -5.16. The van der Waals surface area contributed by atoms with Crippen LogP contribution >= 0.6 is 0 Å². The van der Waals surface area contributed by atoms with E-state index in [0.717, 1.165) is 6.26 Å². The Bertz CT molecular complexity index is 2080. The Morgan fingerprint density at radius 2 is 1.60 bits per heavy atom. The lowest BCUT2D eigenvalue weighted by atomic mass is 9.97. The third kappa shape index (κ3) is 7.30. The number of amides is 2. The zero-order valence-electron chi connectivity index (χ0n) is 27.0. The van der Waals surface area contributed by atoms with Gasteiger partial charge in [-0.25, -0.2) is 12.8 Å². The summed E-state index contributed by atoms with van der Waals surface area (Å²) in [5.41, 5.74) is 2.43. The van der Waals surface area contributed by atoms with Gasteiger partial charge in [-0.05, 0) is 87.9 Å². The van der Waals surface area contributed by atoms with Crippen molar-refractivity contribution in [2.24, 2.45) is 0 Å². The highest BCUT2D eigenvalue weighted by atomic mass is 32.2. The number of rotatable bonds is 9. The van der Waals surface area contributed by atoms with Gasteiger partial charge in [-0.15, -0.1) is 0 Å². The highest BCUT2D eigenvalue weighted by Gasteiger charge is 2.27. The fourth-order valence-corrected chi connectivity index (χ4v) is 6.27. The summed E-state index contributed by atoms with van der Waals surface area (Å²) in [5.74, 6) is -0.0685. The maximum atomic E-state index is 13.6. The van der Waals surface area contributed by atoms with Crippen molar-refractivity contribution in [2.75, 3.05) is 24.2 Å². The lowest BCUT2D eigenvalue weighted by molar-refractivity contribution is 0.0918. The highest BCUT2D eigenvalue weighted by molar-refractivity contribution is 7.92. The molecule has 0 spiro atoms. The Morgan fingerprint density at radius 3 is 2.21 bits per heavy atom. The van der Waals surface area contributed by atoms with E-state index >= 15 is 0 Å². The largest absolute Gasteiger partial charge is 0.457 e. The summed E-state index contributed by atoms with van der Waals surface area (Å²) >= 11 is 0. The molecule has 5 rings (SSSR count). The second kappa shape index (κ2) is 12.9. The number of hydrogen-bond acceptors (Lipinski definition) is 6. The lowest BCUT2D eigenvalue weighted by Gasteiger charge is -2.24. The first kappa shape index (κ1) is 33.2. The van der Waals surface area contributed by atoms with Crippen LogP contribution in [-0.2, 0) is 10.0 Å². The van der Waals surface area contributed by atoms with Crippen molar-refractivity contribution < 1.29 is 31.6 Å². The van der Waals surface area contributed by atoms with Gasteiger partial charge < -0.3 is 19.8 Å². The average Bonchev–Trinajstić information content (AvgIpc) is 3.38. The molecular weight excluding hydrogens is 621 g/mol. The van der Waals surface area contributed by atoms with E-state index in [0.29, 0.717) is 50.4 Å². The topological polar surface area (TPSA) is 118 Å². The molecule has 0 saturated carbocycles. The fraction of sp³-hybridized carbons (Fsp3) is 0.222. The molecule has 0 unspecified atom stereocenters. The molecule has 11 heteroatoms. The molecule has 1 aromatic heterocycles. The molecule has 0 aliphatic carbocycles. The minimum Gasteiger partial charge on any atom is -0.457 e. The quantitative estimate of drug-likeness (QED) is 0.171. The van der Waals surface area contributed by atoms with Gasteiger partial charge in [0.15, 0.2) is 0 Å². The molecule has 1 heterocycles. The molecule has 0 saturated heterocycles. The lowest BCUT2D eigenvalue weighted by Crippen LogP contribution is -2.40. The molecular formula is C36H36FN3O6S.